The SMILES string of the molecule is Cc1cc(C)c(CNC(C)c2ccc3c(c2)OCCO3)cc1C. The molecule has 1 atom stereocenters. The summed E-state index contributed by atoms with van der Waals surface area (Å²) in [4.78, 5) is 0. The van der Waals surface area contributed by atoms with Crippen molar-refractivity contribution in [3.05, 3.63) is 58.1 Å². The Bertz CT molecular complexity index is 709. The van der Waals surface area contributed by atoms with Crippen LogP contribution in [-0.4, -0.2) is 13.2 Å². The van der Waals surface area contributed by atoms with E-state index in [1.807, 2.05) is 6.07 Å². The molecule has 3 heteroatoms. The van der Waals surface area contributed by atoms with Gasteiger partial charge in [-0.15, -0.1) is 0 Å². The fraction of sp³-hybridized carbons (Fsp3) is 0.400. The van der Waals surface area contributed by atoms with E-state index in [4.69, 9.17) is 9.47 Å². The molecule has 0 saturated carbocycles. The number of hydrogen-bond donors (Lipinski definition) is 1. The van der Waals surface area contributed by atoms with Crippen LogP contribution in [0.25, 0.3) is 0 Å². The number of nitrogens with one attached hydrogen (secondary N) is 1. The quantitative estimate of drug-likeness (QED) is 0.916. The van der Waals surface area contributed by atoms with Gasteiger partial charge in [-0.05, 0) is 67.6 Å². The van der Waals surface area contributed by atoms with Gasteiger partial charge < -0.3 is 14.8 Å². The first-order chi connectivity index (χ1) is 11.0. The Kier molecular flexibility index (Phi) is 4.58. The van der Waals surface area contributed by atoms with Crippen molar-refractivity contribution in [1.29, 1.82) is 0 Å². The van der Waals surface area contributed by atoms with Crippen molar-refractivity contribution in [3.8, 4) is 11.5 Å². The van der Waals surface area contributed by atoms with Gasteiger partial charge in [-0.25, -0.2) is 0 Å². The molecule has 1 unspecified atom stereocenters. The molecular weight excluding hydrogens is 286 g/mol. The number of rotatable bonds is 4. The van der Waals surface area contributed by atoms with Crippen molar-refractivity contribution in [3.63, 3.8) is 0 Å². The molecule has 1 aliphatic heterocycles. The lowest BCUT2D eigenvalue weighted by atomic mass is 10.00. The van der Waals surface area contributed by atoms with Crippen LogP contribution in [-0.2, 0) is 6.54 Å². The van der Waals surface area contributed by atoms with Crippen LogP contribution in [0.1, 0.15) is 40.8 Å². The van der Waals surface area contributed by atoms with Gasteiger partial charge >= 0.3 is 0 Å². The summed E-state index contributed by atoms with van der Waals surface area (Å²) in [6.07, 6.45) is 0. The van der Waals surface area contributed by atoms with Gasteiger partial charge in [-0.1, -0.05) is 18.2 Å². The number of ether oxygens (including phenoxy) is 2. The molecule has 1 aliphatic rings. The second-order valence-corrected chi connectivity index (χ2v) is 6.37. The summed E-state index contributed by atoms with van der Waals surface area (Å²) < 4.78 is 11.3. The zero-order valence-electron chi connectivity index (χ0n) is 14.4. The average Bonchev–Trinajstić information content (AvgIpc) is 2.56. The van der Waals surface area contributed by atoms with Crippen LogP contribution < -0.4 is 14.8 Å². The maximum Gasteiger partial charge on any atom is 0.161 e. The topological polar surface area (TPSA) is 30.5 Å². The van der Waals surface area contributed by atoms with E-state index in [-0.39, 0.29) is 6.04 Å². The molecule has 3 rings (SSSR count). The van der Waals surface area contributed by atoms with Crippen LogP contribution in [0.3, 0.4) is 0 Å². The molecule has 122 valence electrons. The first kappa shape index (κ1) is 15.9. The minimum absolute atomic E-state index is 0.256. The van der Waals surface area contributed by atoms with Gasteiger partial charge in [-0.2, -0.15) is 0 Å². The molecule has 0 aromatic heterocycles. The van der Waals surface area contributed by atoms with Gasteiger partial charge in [0, 0.05) is 12.6 Å². The average molecular weight is 311 g/mol. The van der Waals surface area contributed by atoms with Crippen LogP contribution in [0.2, 0.25) is 0 Å². The largest absolute Gasteiger partial charge is 0.486 e. The lowest BCUT2D eigenvalue weighted by Gasteiger charge is -2.21. The summed E-state index contributed by atoms with van der Waals surface area (Å²) in [6.45, 7) is 10.8. The third-order valence-corrected chi connectivity index (χ3v) is 4.62. The third-order valence-electron chi connectivity index (χ3n) is 4.62. The summed E-state index contributed by atoms with van der Waals surface area (Å²) in [5, 5.41) is 3.61. The van der Waals surface area contributed by atoms with Gasteiger partial charge in [-0.3, -0.25) is 0 Å². The summed E-state index contributed by atoms with van der Waals surface area (Å²) >= 11 is 0. The van der Waals surface area contributed by atoms with E-state index in [0.29, 0.717) is 13.2 Å². The number of benzene rings is 2. The lowest BCUT2D eigenvalue weighted by Crippen LogP contribution is -2.20. The fourth-order valence-corrected chi connectivity index (χ4v) is 2.92. The Morgan fingerprint density at radius 3 is 2.39 bits per heavy atom. The highest BCUT2D eigenvalue weighted by Gasteiger charge is 2.14. The monoisotopic (exact) mass is 311 g/mol. The van der Waals surface area contributed by atoms with Crippen molar-refractivity contribution in [2.24, 2.45) is 0 Å². The van der Waals surface area contributed by atoms with Gasteiger partial charge in [0.05, 0.1) is 0 Å². The first-order valence-corrected chi connectivity index (χ1v) is 8.24. The molecule has 23 heavy (non-hydrogen) atoms. The van der Waals surface area contributed by atoms with Gasteiger partial charge in [0.1, 0.15) is 13.2 Å². The molecule has 0 spiro atoms. The third kappa shape index (κ3) is 3.50. The Balaban J connectivity index is 1.70. The normalized spacial score (nSPS) is 14.6. The molecule has 0 radical (unpaired) electrons. The summed E-state index contributed by atoms with van der Waals surface area (Å²) in [7, 11) is 0. The number of fused-ring (bicyclic) bond motifs is 1. The molecular formula is C20H25NO2. The van der Waals surface area contributed by atoms with Crippen LogP contribution in [0.15, 0.2) is 30.3 Å². The molecule has 0 fully saturated rings. The van der Waals surface area contributed by atoms with E-state index in [9.17, 15) is 0 Å². The lowest BCUT2D eigenvalue weighted by molar-refractivity contribution is 0.171. The van der Waals surface area contributed by atoms with Crippen LogP contribution in [0.4, 0.5) is 0 Å². The number of aryl methyl sites for hydroxylation is 3. The molecule has 0 bridgehead atoms. The highest BCUT2D eigenvalue weighted by molar-refractivity contribution is 5.44. The van der Waals surface area contributed by atoms with Gasteiger partial charge in [0.2, 0.25) is 0 Å². The van der Waals surface area contributed by atoms with E-state index in [1.54, 1.807) is 0 Å². The fourth-order valence-electron chi connectivity index (χ4n) is 2.92. The van der Waals surface area contributed by atoms with Crippen molar-refractivity contribution in [1.82, 2.24) is 5.32 Å². The van der Waals surface area contributed by atoms with E-state index < -0.39 is 0 Å². The van der Waals surface area contributed by atoms with Crippen molar-refractivity contribution in [2.45, 2.75) is 40.3 Å². The molecule has 0 aliphatic carbocycles. The van der Waals surface area contributed by atoms with Crippen molar-refractivity contribution >= 4 is 0 Å². The van der Waals surface area contributed by atoms with Crippen LogP contribution >= 0.6 is 0 Å². The van der Waals surface area contributed by atoms with Crippen LogP contribution in [0.5, 0.6) is 11.5 Å². The Morgan fingerprint density at radius 1 is 0.913 bits per heavy atom. The van der Waals surface area contributed by atoms with Crippen molar-refractivity contribution < 1.29 is 9.47 Å². The van der Waals surface area contributed by atoms with E-state index in [2.05, 4.69) is 57.3 Å². The zero-order chi connectivity index (χ0) is 16.4. The zero-order valence-corrected chi connectivity index (χ0v) is 14.4. The summed E-state index contributed by atoms with van der Waals surface area (Å²) in [5.41, 5.74) is 6.62. The molecule has 1 N–H and O–H groups in total. The van der Waals surface area contributed by atoms with E-state index in [0.717, 1.165) is 18.0 Å². The predicted octanol–water partition coefficient (Wildman–Crippen LogP) is 4.23. The highest BCUT2D eigenvalue weighted by Crippen LogP contribution is 2.32. The maximum atomic E-state index is 5.67. The molecule has 2 aromatic rings. The van der Waals surface area contributed by atoms with Gasteiger partial charge in [0.25, 0.3) is 0 Å². The van der Waals surface area contributed by atoms with Crippen molar-refractivity contribution in [2.75, 3.05) is 13.2 Å². The minimum Gasteiger partial charge on any atom is -0.486 e. The summed E-state index contributed by atoms with van der Waals surface area (Å²) in [5.74, 6) is 1.70. The summed E-state index contributed by atoms with van der Waals surface area (Å²) in [6, 6.07) is 11.0. The minimum atomic E-state index is 0.256. The number of hydrogen-bond acceptors (Lipinski definition) is 3. The molecule has 3 nitrogen and oxygen atoms in total. The smallest absolute Gasteiger partial charge is 0.161 e. The van der Waals surface area contributed by atoms with E-state index in [1.165, 1.54) is 27.8 Å². The Morgan fingerprint density at radius 2 is 1.61 bits per heavy atom. The second kappa shape index (κ2) is 6.63. The standard InChI is InChI=1S/C20H25NO2/c1-13-9-15(3)18(10-14(13)2)12-21-16(4)17-5-6-19-20(11-17)23-8-7-22-19/h5-6,9-11,16,21H,7-8,12H2,1-4H3. The molecule has 0 amide bonds. The molecule has 1 heterocycles. The highest BCUT2D eigenvalue weighted by atomic mass is 16.6. The van der Waals surface area contributed by atoms with Crippen LogP contribution in [0, 0.1) is 20.8 Å². The Hall–Kier alpha value is -2.00. The predicted molar refractivity (Wildman–Crippen MR) is 93.3 cm³/mol. The second-order valence-electron chi connectivity index (χ2n) is 6.37. The van der Waals surface area contributed by atoms with E-state index >= 15 is 0 Å². The molecule has 0 saturated heterocycles. The maximum absolute atomic E-state index is 5.67. The van der Waals surface area contributed by atoms with Gasteiger partial charge in [0.15, 0.2) is 11.5 Å². The molecule has 2 aromatic carbocycles. The first-order valence-electron chi connectivity index (χ1n) is 8.24. The Labute approximate surface area is 138 Å².